The molecule has 4 heterocycles. The molecule has 0 amide bonds. The number of fused-ring (bicyclic) bond motifs is 4. The highest BCUT2D eigenvalue weighted by atomic mass is 16.5. The van der Waals surface area contributed by atoms with Gasteiger partial charge in [-0.25, -0.2) is 4.98 Å². The summed E-state index contributed by atoms with van der Waals surface area (Å²) in [4.78, 5) is 7.44. The number of hydrogen-bond acceptors (Lipinski definition) is 5. The van der Waals surface area contributed by atoms with E-state index in [1.165, 1.54) is 18.4 Å². The first-order valence-electron chi connectivity index (χ1n) is 9.81. The number of aromatic amines is 1. The van der Waals surface area contributed by atoms with Gasteiger partial charge in [0, 0.05) is 35.1 Å². The number of ether oxygens (including phenoxy) is 1. The fourth-order valence-electron chi connectivity index (χ4n) is 5.19. The van der Waals surface area contributed by atoms with Crippen LogP contribution in [0.1, 0.15) is 42.5 Å². The summed E-state index contributed by atoms with van der Waals surface area (Å²) in [5, 5.41) is 20.0. The van der Waals surface area contributed by atoms with E-state index in [4.69, 9.17) is 9.72 Å². The number of H-pyrrole nitrogens is 1. The topological polar surface area (TPSA) is 74.3 Å². The number of rotatable bonds is 3. The molecule has 0 saturated carbocycles. The number of nitrogens with zero attached hydrogens (tertiary/aromatic N) is 3. The Morgan fingerprint density at radius 3 is 2.67 bits per heavy atom. The molecule has 0 radical (unpaired) electrons. The molecule has 2 saturated heterocycles. The van der Waals surface area contributed by atoms with E-state index in [2.05, 4.69) is 35.0 Å². The van der Waals surface area contributed by atoms with E-state index in [-0.39, 0.29) is 6.10 Å². The minimum Gasteiger partial charge on any atom is -0.497 e. The van der Waals surface area contributed by atoms with Gasteiger partial charge in [-0.3, -0.25) is 10.00 Å². The van der Waals surface area contributed by atoms with Crippen LogP contribution in [0.2, 0.25) is 0 Å². The maximum Gasteiger partial charge on any atom is 0.182 e. The van der Waals surface area contributed by atoms with Crippen LogP contribution in [-0.4, -0.2) is 50.5 Å². The summed E-state index contributed by atoms with van der Waals surface area (Å²) in [6.07, 6.45) is 3.98. The summed E-state index contributed by atoms with van der Waals surface area (Å²) < 4.78 is 5.54. The zero-order valence-electron chi connectivity index (χ0n) is 16.1. The number of nitrogens with one attached hydrogen (secondary N) is 1. The van der Waals surface area contributed by atoms with Gasteiger partial charge < -0.3 is 9.84 Å². The number of methoxy groups -OCH3 is 1. The second kappa shape index (κ2) is 6.17. The van der Waals surface area contributed by atoms with E-state index in [0.29, 0.717) is 12.1 Å². The largest absolute Gasteiger partial charge is 0.497 e. The molecule has 3 aromatic rings. The molecular weight excluding hydrogens is 340 g/mol. The standard InChI is InChI=1S/C21H26N4O2/c1-11-6-16(27-3)9-17-18(19-12(2)23-24-21(19)22-20(11)17)10-25-13-4-5-14(25)8-15(26)7-13/h6,9,13-15,26H,4-5,7-8,10H2,1-3H3,(H,22,23,24)/t13-,14+,15?. The molecule has 0 spiro atoms. The number of aliphatic hydroxyl groups is 1. The predicted molar refractivity (Wildman–Crippen MR) is 105 cm³/mol. The van der Waals surface area contributed by atoms with Gasteiger partial charge >= 0.3 is 0 Å². The molecule has 2 N–H and O–H groups in total. The highest BCUT2D eigenvalue weighted by molar-refractivity contribution is 5.99. The van der Waals surface area contributed by atoms with Crippen molar-refractivity contribution in [1.29, 1.82) is 0 Å². The summed E-state index contributed by atoms with van der Waals surface area (Å²) in [7, 11) is 1.71. The van der Waals surface area contributed by atoms with Crippen LogP contribution in [0.15, 0.2) is 12.1 Å². The maximum atomic E-state index is 10.2. The highest BCUT2D eigenvalue weighted by Gasteiger charge is 2.40. The van der Waals surface area contributed by atoms with E-state index >= 15 is 0 Å². The van der Waals surface area contributed by atoms with E-state index in [1.807, 2.05) is 6.07 Å². The van der Waals surface area contributed by atoms with E-state index < -0.39 is 0 Å². The molecule has 27 heavy (non-hydrogen) atoms. The first-order chi connectivity index (χ1) is 13.0. The minimum absolute atomic E-state index is 0.147. The lowest BCUT2D eigenvalue weighted by atomic mass is 9.96. The predicted octanol–water partition coefficient (Wildman–Crippen LogP) is 3.22. The molecule has 142 valence electrons. The van der Waals surface area contributed by atoms with Crippen LogP contribution in [0.4, 0.5) is 0 Å². The second-order valence-electron chi connectivity index (χ2n) is 8.16. The van der Waals surface area contributed by atoms with Crippen molar-refractivity contribution in [2.24, 2.45) is 0 Å². The lowest BCUT2D eigenvalue weighted by molar-refractivity contribution is 0.0314. The Bertz CT molecular complexity index is 1010. The van der Waals surface area contributed by atoms with Crippen LogP contribution in [-0.2, 0) is 6.54 Å². The van der Waals surface area contributed by atoms with Crippen molar-refractivity contribution >= 4 is 21.9 Å². The number of hydrogen-bond donors (Lipinski definition) is 2. The molecule has 2 aromatic heterocycles. The molecular formula is C21H26N4O2. The van der Waals surface area contributed by atoms with Crippen LogP contribution in [0, 0.1) is 13.8 Å². The number of benzene rings is 1. The molecule has 6 nitrogen and oxygen atoms in total. The quantitative estimate of drug-likeness (QED) is 0.744. The number of pyridine rings is 1. The SMILES string of the molecule is COc1cc(C)c2nc3n[nH]c(C)c3c(CN3[C@@H]4CC[C@H]3CC(O)C4)c2c1. The van der Waals surface area contributed by atoms with E-state index in [1.54, 1.807) is 7.11 Å². The van der Waals surface area contributed by atoms with Gasteiger partial charge in [-0.05, 0) is 62.8 Å². The molecule has 2 aliphatic rings. The maximum absolute atomic E-state index is 10.2. The van der Waals surface area contributed by atoms with Gasteiger partial charge in [0.15, 0.2) is 5.65 Å². The van der Waals surface area contributed by atoms with Crippen molar-refractivity contribution < 1.29 is 9.84 Å². The minimum atomic E-state index is -0.147. The van der Waals surface area contributed by atoms with Gasteiger partial charge in [-0.1, -0.05) is 0 Å². The fourth-order valence-corrected chi connectivity index (χ4v) is 5.19. The third-order valence-corrected chi connectivity index (χ3v) is 6.48. The lowest BCUT2D eigenvalue weighted by Gasteiger charge is -2.37. The van der Waals surface area contributed by atoms with Gasteiger partial charge in [0.2, 0.25) is 0 Å². The molecule has 5 rings (SSSR count). The number of aliphatic hydroxyl groups excluding tert-OH is 1. The third kappa shape index (κ3) is 2.62. The number of piperidine rings is 1. The van der Waals surface area contributed by atoms with Crippen molar-refractivity contribution in [3.63, 3.8) is 0 Å². The van der Waals surface area contributed by atoms with Gasteiger partial charge in [0.1, 0.15) is 5.75 Å². The monoisotopic (exact) mass is 366 g/mol. The Hall–Kier alpha value is -2.18. The zero-order valence-corrected chi connectivity index (χ0v) is 16.1. The second-order valence-corrected chi connectivity index (χ2v) is 8.16. The first kappa shape index (κ1) is 17.0. The summed E-state index contributed by atoms with van der Waals surface area (Å²) in [6.45, 7) is 5.01. The van der Waals surface area contributed by atoms with E-state index in [0.717, 1.165) is 58.3 Å². The van der Waals surface area contributed by atoms with Crippen LogP contribution in [0.5, 0.6) is 5.75 Å². The molecule has 0 aliphatic carbocycles. The van der Waals surface area contributed by atoms with E-state index in [9.17, 15) is 5.11 Å². The average Bonchev–Trinajstić information content (AvgIpc) is 3.12. The summed E-state index contributed by atoms with van der Waals surface area (Å²) in [5.74, 6) is 0.862. The van der Waals surface area contributed by atoms with Gasteiger partial charge in [0.05, 0.1) is 18.7 Å². The average molecular weight is 366 g/mol. The number of aromatic nitrogens is 3. The Kier molecular flexibility index (Phi) is 3.88. The molecule has 2 bridgehead atoms. The van der Waals surface area contributed by atoms with Gasteiger partial charge in [-0.2, -0.15) is 5.10 Å². The van der Waals surface area contributed by atoms with Crippen LogP contribution in [0.3, 0.4) is 0 Å². The Morgan fingerprint density at radius 2 is 1.96 bits per heavy atom. The van der Waals surface area contributed by atoms with Crippen molar-refractivity contribution in [3.05, 3.63) is 29.0 Å². The fraction of sp³-hybridized carbons (Fsp3) is 0.524. The Morgan fingerprint density at radius 1 is 1.22 bits per heavy atom. The molecule has 1 aromatic carbocycles. The van der Waals surface area contributed by atoms with Crippen molar-refractivity contribution in [3.8, 4) is 5.75 Å². The smallest absolute Gasteiger partial charge is 0.182 e. The molecule has 3 atom stereocenters. The van der Waals surface area contributed by atoms with Crippen LogP contribution >= 0.6 is 0 Å². The third-order valence-electron chi connectivity index (χ3n) is 6.48. The van der Waals surface area contributed by atoms with Crippen LogP contribution in [0.25, 0.3) is 21.9 Å². The highest BCUT2D eigenvalue weighted by Crippen LogP contribution is 2.39. The normalized spacial score (nSPS) is 25.6. The van der Waals surface area contributed by atoms with Crippen molar-refractivity contribution in [2.45, 2.75) is 64.3 Å². The molecule has 6 heteroatoms. The first-order valence-corrected chi connectivity index (χ1v) is 9.81. The summed E-state index contributed by atoms with van der Waals surface area (Å²) in [5.41, 5.74) is 5.21. The lowest BCUT2D eigenvalue weighted by Crippen LogP contribution is -2.44. The Balaban J connectivity index is 1.71. The molecule has 1 unspecified atom stereocenters. The zero-order chi connectivity index (χ0) is 18.7. The number of aryl methyl sites for hydroxylation is 2. The summed E-state index contributed by atoms with van der Waals surface area (Å²) in [6, 6.07) is 5.08. The van der Waals surface area contributed by atoms with Crippen molar-refractivity contribution in [1.82, 2.24) is 20.1 Å². The van der Waals surface area contributed by atoms with Crippen molar-refractivity contribution in [2.75, 3.05) is 7.11 Å². The van der Waals surface area contributed by atoms with Gasteiger partial charge in [0.25, 0.3) is 0 Å². The van der Waals surface area contributed by atoms with Gasteiger partial charge in [-0.15, -0.1) is 0 Å². The van der Waals surface area contributed by atoms with Crippen LogP contribution < -0.4 is 4.74 Å². The molecule has 2 fully saturated rings. The Labute approximate surface area is 158 Å². The summed E-state index contributed by atoms with van der Waals surface area (Å²) >= 11 is 0. The molecule has 2 aliphatic heterocycles.